The van der Waals surface area contributed by atoms with E-state index in [1.54, 1.807) is 48.0 Å². The molecule has 9 nitrogen and oxygen atoms in total. The molecule has 0 bridgehead atoms. The van der Waals surface area contributed by atoms with E-state index in [2.05, 4.69) is 36.9 Å². The minimum atomic E-state index is -0.496. The third-order valence-electron chi connectivity index (χ3n) is 6.18. The van der Waals surface area contributed by atoms with Crippen molar-refractivity contribution in [3.63, 3.8) is 0 Å². The zero-order valence-corrected chi connectivity index (χ0v) is 20.4. The fourth-order valence-corrected chi connectivity index (χ4v) is 5.54. The highest BCUT2D eigenvalue weighted by molar-refractivity contribution is 7.14. The predicted molar refractivity (Wildman–Crippen MR) is 135 cm³/mol. The molecule has 1 aromatic carbocycles. The fraction of sp³-hybridized carbons (Fsp3) is 0.292. The number of anilines is 1. The Labute approximate surface area is 210 Å². The number of amides is 1. The van der Waals surface area contributed by atoms with Crippen molar-refractivity contribution < 1.29 is 9.53 Å². The second-order valence-electron chi connectivity index (χ2n) is 8.36. The number of benzene rings is 1. The molecule has 0 spiro atoms. The maximum atomic E-state index is 12.5. The van der Waals surface area contributed by atoms with Gasteiger partial charge in [-0.3, -0.25) is 0 Å². The molecule has 1 fully saturated rings. The quantitative estimate of drug-likeness (QED) is 0.306. The summed E-state index contributed by atoms with van der Waals surface area (Å²) in [5.74, 6) is 0.703. The molecule has 0 unspecified atom stereocenters. The number of halogens is 1. The number of nitrogens with zero attached hydrogens (tertiary/aromatic N) is 4. The van der Waals surface area contributed by atoms with Crippen LogP contribution in [0.5, 0.6) is 5.75 Å². The summed E-state index contributed by atoms with van der Waals surface area (Å²) in [6.45, 7) is 0. The van der Waals surface area contributed by atoms with Gasteiger partial charge in [0.15, 0.2) is 10.8 Å². The van der Waals surface area contributed by atoms with Gasteiger partial charge in [0.2, 0.25) is 0 Å². The Morgan fingerprint density at radius 2 is 2.09 bits per heavy atom. The van der Waals surface area contributed by atoms with Crippen molar-refractivity contribution in [1.29, 1.82) is 5.26 Å². The highest BCUT2D eigenvalue weighted by Crippen LogP contribution is 2.38. The van der Waals surface area contributed by atoms with Gasteiger partial charge in [0, 0.05) is 48.0 Å². The lowest BCUT2D eigenvalue weighted by Crippen LogP contribution is -2.39. The van der Waals surface area contributed by atoms with E-state index in [0.717, 1.165) is 52.5 Å². The van der Waals surface area contributed by atoms with Crippen LogP contribution in [-0.2, 0) is 0 Å². The van der Waals surface area contributed by atoms with Crippen LogP contribution in [0.25, 0.3) is 21.5 Å². The molecule has 1 aliphatic rings. The third-order valence-corrected chi connectivity index (χ3v) is 7.51. The van der Waals surface area contributed by atoms with Crippen LogP contribution in [0.15, 0.2) is 36.7 Å². The number of nitriles is 1. The van der Waals surface area contributed by atoms with E-state index in [-0.39, 0.29) is 6.04 Å². The van der Waals surface area contributed by atoms with Gasteiger partial charge in [-0.25, -0.2) is 9.78 Å². The van der Waals surface area contributed by atoms with Crippen molar-refractivity contribution in [3.8, 4) is 22.4 Å². The average Bonchev–Trinajstić information content (AvgIpc) is 3.52. The number of nitrogens with one attached hydrogen (secondary N) is 3. The molecule has 3 N–H and O–H groups in total. The summed E-state index contributed by atoms with van der Waals surface area (Å²) in [7, 11) is 1.83. The van der Waals surface area contributed by atoms with E-state index in [0.29, 0.717) is 27.8 Å². The molecule has 4 aromatic rings. The average molecular weight is 508 g/mol. The van der Waals surface area contributed by atoms with Crippen LogP contribution >= 0.6 is 22.9 Å². The Bertz CT molecular complexity index is 1420. The fourth-order valence-electron chi connectivity index (χ4n) is 4.35. The number of carbonyl (C=O) groups excluding carboxylic acids is 1. The van der Waals surface area contributed by atoms with E-state index in [1.807, 2.05) is 7.05 Å². The molecule has 3 aromatic heterocycles. The zero-order valence-electron chi connectivity index (χ0n) is 18.8. The largest absolute Gasteiger partial charge is 0.412 e. The Kier molecular flexibility index (Phi) is 6.53. The number of H-pyrrole nitrogens is 1. The second kappa shape index (κ2) is 9.90. The van der Waals surface area contributed by atoms with Crippen molar-refractivity contribution in [2.24, 2.45) is 0 Å². The molecule has 35 heavy (non-hydrogen) atoms. The molecule has 1 aliphatic carbocycles. The molecule has 5 rings (SSSR count). The number of fused-ring (bicyclic) bond motifs is 1. The summed E-state index contributed by atoms with van der Waals surface area (Å²) < 4.78 is 5.53. The number of hydrogen-bond acceptors (Lipinski definition) is 8. The van der Waals surface area contributed by atoms with Gasteiger partial charge in [0.25, 0.3) is 0 Å². The molecule has 0 atom stereocenters. The molecule has 0 aliphatic heterocycles. The highest BCUT2D eigenvalue weighted by Gasteiger charge is 2.27. The Hall–Kier alpha value is -3.68. The maximum absolute atomic E-state index is 12.5. The van der Waals surface area contributed by atoms with Crippen LogP contribution in [0, 0.1) is 11.3 Å². The first-order valence-corrected chi connectivity index (χ1v) is 12.4. The summed E-state index contributed by atoms with van der Waals surface area (Å²) in [5.41, 5.74) is 3.05. The number of rotatable bonds is 5. The van der Waals surface area contributed by atoms with E-state index in [4.69, 9.17) is 21.6 Å². The van der Waals surface area contributed by atoms with Crippen LogP contribution in [0.3, 0.4) is 0 Å². The highest BCUT2D eigenvalue weighted by atomic mass is 35.5. The molecule has 3 heterocycles. The molecular weight excluding hydrogens is 486 g/mol. The Balaban J connectivity index is 1.18. The SMILES string of the molecule is CNc1cc(Cl)ncc1-c1nnc(C2CCC(NC(=O)Oc3c[nH]c4ccc(C#N)cc34)CC2)s1. The van der Waals surface area contributed by atoms with E-state index < -0.39 is 6.09 Å². The minimum Gasteiger partial charge on any atom is -0.408 e. The monoisotopic (exact) mass is 507 g/mol. The van der Waals surface area contributed by atoms with Crippen LogP contribution < -0.4 is 15.4 Å². The van der Waals surface area contributed by atoms with Gasteiger partial charge in [0.05, 0.1) is 17.2 Å². The van der Waals surface area contributed by atoms with Gasteiger partial charge in [-0.15, -0.1) is 10.2 Å². The summed E-state index contributed by atoms with van der Waals surface area (Å²) in [6.07, 6.45) is 6.29. The Morgan fingerprint density at radius 3 is 2.86 bits per heavy atom. The third kappa shape index (κ3) is 4.92. The van der Waals surface area contributed by atoms with E-state index in [9.17, 15) is 4.79 Å². The van der Waals surface area contributed by atoms with Gasteiger partial charge in [-0.1, -0.05) is 22.9 Å². The number of ether oxygens (including phenoxy) is 1. The van der Waals surface area contributed by atoms with Gasteiger partial charge in [-0.2, -0.15) is 5.26 Å². The standard InChI is InChI=1S/C24H22ClN7O2S/c1-27-19-9-21(25)29-11-17(19)23-32-31-22(35-23)14-3-5-15(6-4-14)30-24(33)34-20-12-28-18-7-2-13(10-26)8-16(18)20/h2,7-9,11-12,14-15,28H,3-6H2,1H3,(H,27,29)(H,30,33). The van der Waals surface area contributed by atoms with E-state index in [1.165, 1.54) is 0 Å². The summed E-state index contributed by atoms with van der Waals surface area (Å²) in [4.78, 5) is 19.7. The van der Waals surface area contributed by atoms with Crippen LogP contribution in [-0.4, -0.2) is 39.3 Å². The van der Waals surface area contributed by atoms with E-state index >= 15 is 0 Å². The van der Waals surface area contributed by atoms with Crippen LogP contribution in [0.2, 0.25) is 5.15 Å². The topological polar surface area (TPSA) is 129 Å². The molecular formula is C24H22ClN7O2S. The van der Waals surface area contributed by atoms with Crippen molar-refractivity contribution in [2.45, 2.75) is 37.6 Å². The first-order valence-electron chi connectivity index (χ1n) is 11.2. The molecule has 1 saturated carbocycles. The lowest BCUT2D eigenvalue weighted by atomic mass is 9.86. The van der Waals surface area contributed by atoms with Crippen molar-refractivity contribution in [2.75, 3.05) is 12.4 Å². The normalized spacial score (nSPS) is 17.6. The zero-order chi connectivity index (χ0) is 24.4. The first kappa shape index (κ1) is 23.1. The van der Waals surface area contributed by atoms with Crippen molar-refractivity contribution in [1.82, 2.24) is 25.5 Å². The number of aromatic nitrogens is 4. The summed E-state index contributed by atoms with van der Waals surface area (Å²) in [6, 6.07) is 9.12. The lowest BCUT2D eigenvalue weighted by Gasteiger charge is -2.27. The molecule has 0 saturated heterocycles. The second-order valence-corrected chi connectivity index (χ2v) is 9.75. The van der Waals surface area contributed by atoms with Crippen LogP contribution in [0.4, 0.5) is 10.5 Å². The van der Waals surface area contributed by atoms with Gasteiger partial charge in [0.1, 0.15) is 10.2 Å². The van der Waals surface area contributed by atoms with Crippen molar-refractivity contribution in [3.05, 3.63) is 52.4 Å². The Morgan fingerprint density at radius 1 is 1.26 bits per heavy atom. The molecule has 1 amide bonds. The van der Waals surface area contributed by atoms with Gasteiger partial charge in [-0.05, 0) is 49.9 Å². The minimum absolute atomic E-state index is 0.0300. The number of pyridine rings is 1. The first-order chi connectivity index (χ1) is 17.0. The number of aromatic amines is 1. The van der Waals surface area contributed by atoms with Crippen LogP contribution in [0.1, 0.15) is 42.2 Å². The summed E-state index contributed by atoms with van der Waals surface area (Å²) >= 11 is 7.57. The van der Waals surface area contributed by atoms with Crippen molar-refractivity contribution >= 4 is 45.6 Å². The summed E-state index contributed by atoms with van der Waals surface area (Å²) in [5, 5.41) is 26.9. The van der Waals surface area contributed by atoms with Gasteiger partial charge >= 0.3 is 6.09 Å². The smallest absolute Gasteiger partial charge is 0.408 e. The molecule has 0 radical (unpaired) electrons. The molecule has 178 valence electrons. The van der Waals surface area contributed by atoms with Gasteiger partial charge < -0.3 is 20.4 Å². The predicted octanol–water partition coefficient (Wildman–Crippen LogP) is 5.46. The number of hydrogen-bond donors (Lipinski definition) is 3. The number of carbonyl (C=O) groups is 1. The molecule has 11 heteroatoms. The maximum Gasteiger partial charge on any atom is 0.412 e. The lowest BCUT2D eigenvalue weighted by molar-refractivity contribution is 0.191.